The van der Waals surface area contributed by atoms with Crippen LogP contribution in [0.25, 0.3) is 0 Å². The van der Waals surface area contributed by atoms with Gasteiger partial charge in [0.2, 0.25) is 5.95 Å². The summed E-state index contributed by atoms with van der Waals surface area (Å²) in [5.41, 5.74) is 0. The van der Waals surface area contributed by atoms with Crippen LogP contribution in [0.3, 0.4) is 0 Å². The van der Waals surface area contributed by atoms with E-state index in [4.69, 9.17) is 0 Å². The van der Waals surface area contributed by atoms with Crippen molar-refractivity contribution >= 4 is 39.0 Å². The van der Waals surface area contributed by atoms with Crippen molar-refractivity contribution in [3.8, 4) is 0 Å². The molecule has 1 saturated heterocycles. The molecule has 3 heterocycles. The third-order valence-corrected chi connectivity index (χ3v) is 6.11. The smallest absolute Gasteiger partial charge is 0.227 e. The zero-order valence-electron chi connectivity index (χ0n) is 14.4. The number of anilines is 2. The van der Waals surface area contributed by atoms with E-state index < -0.39 is 0 Å². The van der Waals surface area contributed by atoms with Crippen molar-refractivity contribution in [1.29, 1.82) is 0 Å². The molecule has 0 bridgehead atoms. The van der Waals surface area contributed by atoms with Gasteiger partial charge in [0, 0.05) is 61.2 Å². The van der Waals surface area contributed by atoms with Crippen molar-refractivity contribution in [2.24, 2.45) is 0 Å². The second-order valence-corrected chi connectivity index (χ2v) is 8.39. The molecule has 5 nitrogen and oxygen atoms in total. The molecule has 2 aromatic rings. The molecule has 0 aliphatic carbocycles. The van der Waals surface area contributed by atoms with Gasteiger partial charge in [-0.05, 0) is 47.4 Å². The van der Waals surface area contributed by atoms with E-state index in [2.05, 4.69) is 54.2 Å². The molecule has 1 aliphatic heterocycles. The van der Waals surface area contributed by atoms with Gasteiger partial charge in [-0.25, -0.2) is 4.98 Å². The van der Waals surface area contributed by atoms with Crippen LogP contribution < -0.4 is 9.80 Å². The number of hydrogen-bond acceptors (Lipinski definition) is 6. The zero-order chi connectivity index (χ0) is 17.1. The van der Waals surface area contributed by atoms with Crippen molar-refractivity contribution in [2.45, 2.75) is 25.4 Å². The van der Waals surface area contributed by atoms with Crippen LogP contribution in [-0.4, -0.2) is 55.1 Å². The number of piperidine rings is 1. The van der Waals surface area contributed by atoms with E-state index in [1.165, 1.54) is 28.7 Å². The van der Waals surface area contributed by atoms with Crippen LogP contribution >= 0.6 is 27.3 Å². The Labute approximate surface area is 156 Å². The molecular weight excluding hydrogens is 386 g/mol. The maximum Gasteiger partial charge on any atom is 0.227 e. The van der Waals surface area contributed by atoms with E-state index in [9.17, 15) is 0 Å². The number of hydrogen-bond donors (Lipinski definition) is 0. The summed E-state index contributed by atoms with van der Waals surface area (Å²) < 4.78 is 1.18. The zero-order valence-corrected chi connectivity index (χ0v) is 16.8. The normalized spacial score (nSPS) is 18.6. The molecule has 7 heteroatoms. The standard InChI is InChI=1S/C17H24BrN5S/c1-21(2)16-6-7-19-17(20-16)22(3)14-5-4-8-23(10-14)11-15-9-13(18)12-24-15/h6-7,9,12,14H,4-5,8,10-11H2,1-3H3. The Morgan fingerprint density at radius 2 is 2.21 bits per heavy atom. The number of aromatic nitrogens is 2. The van der Waals surface area contributed by atoms with Crippen molar-refractivity contribution in [1.82, 2.24) is 14.9 Å². The van der Waals surface area contributed by atoms with Crippen molar-refractivity contribution in [3.05, 3.63) is 33.1 Å². The van der Waals surface area contributed by atoms with E-state index in [0.717, 1.165) is 24.9 Å². The number of likely N-dealkylation sites (N-methyl/N-ethyl adjacent to an activating group) is 1. The molecule has 0 N–H and O–H groups in total. The van der Waals surface area contributed by atoms with E-state index in [1.807, 2.05) is 42.6 Å². The number of rotatable bonds is 5. The topological polar surface area (TPSA) is 35.5 Å². The van der Waals surface area contributed by atoms with Gasteiger partial charge in [0.1, 0.15) is 5.82 Å². The average Bonchev–Trinajstić information content (AvgIpc) is 2.99. The summed E-state index contributed by atoms with van der Waals surface area (Å²) >= 11 is 5.37. The van der Waals surface area contributed by atoms with Gasteiger partial charge in [0.15, 0.2) is 0 Å². The Morgan fingerprint density at radius 1 is 1.38 bits per heavy atom. The van der Waals surface area contributed by atoms with Crippen molar-refractivity contribution < 1.29 is 0 Å². The molecule has 1 unspecified atom stereocenters. The van der Waals surface area contributed by atoms with Gasteiger partial charge < -0.3 is 9.80 Å². The molecule has 0 aromatic carbocycles. The van der Waals surface area contributed by atoms with Crippen LogP contribution in [-0.2, 0) is 6.54 Å². The molecule has 1 aliphatic rings. The number of nitrogens with zero attached hydrogens (tertiary/aromatic N) is 5. The second kappa shape index (κ2) is 7.80. The van der Waals surface area contributed by atoms with Crippen LogP contribution in [0, 0.1) is 0 Å². The van der Waals surface area contributed by atoms with E-state index >= 15 is 0 Å². The van der Waals surface area contributed by atoms with Gasteiger partial charge in [-0.2, -0.15) is 4.98 Å². The lowest BCUT2D eigenvalue weighted by molar-refractivity contribution is 0.199. The Balaban J connectivity index is 1.66. The van der Waals surface area contributed by atoms with Gasteiger partial charge >= 0.3 is 0 Å². The van der Waals surface area contributed by atoms with Gasteiger partial charge in [-0.15, -0.1) is 11.3 Å². The summed E-state index contributed by atoms with van der Waals surface area (Å²) in [5.74, 6) is 1.76. The minimum absolute atomic E-state index is 0.458. The molecule has 0 saturated carbocycles. The molecule has 0 radical (unpaired) electrons. The highest BCUT2D eigenvalue weighted by Gasteiger charge is 2.25. The fourth-order valence-corrected chi connectivity index (χ4v) is 4.56. The average molecular weight is 410 g/mol. The van der Waals surface area contributed by atoms with Crippen LogP contribution in [0.1, 0.15) is 17.7 Å². The summed E-state index contributed by atoms with van der Waals surface area (Å²) in [6, 6.07) is 4.63. The first kappa shape index (κ1) is 17.6. The van der Waals surface area contributed by atoms with Crippen LogP contribution in [0.15, 0.2) is 28.2 Å². The molecule has 130 valence electrons. The Morgan fingerprint density at radius 3 is 2.92 bits per heavy atom. The summed E-state index contributed by atoms with van der Waals surface area (Å²) in [6.45, 7) is 3.25. The van der Waals surface area contributed by atoms with Crippen molar-refractivity contribution in [3.63, 3.8) is 0 Å². The van der Waals surface area contributed by atoms with E-state index in [-0.39, 0.29) is 0 Å². The van der Waals surface area contributed by atoms with Gasteiger partial charge in [-0.3, -0.25) is 4.90 Å². The first-order valence-electron chi connectivity index (χ1n) is 8.21. The van der Waals surface area contributed by atoms with Gasteiger partial charge in [-0.1, -0.05) is 0 Å². The quantitative estimate of drug-likeness (QED) is 0.755. The summed E-state index contributed by atoms with van der Waals surface area (Å²) in [4.78, 5) is 17.4. The summed E-state index contributed by atoms with van der Waals surface area (Å²) in [6.07, 6.45) is 4.25. The van der Waals surface area contributed by atoms with Crippen LogP contribution in [0.2, 0.25) is 0 Å². The summed E-state index contributed by atoms with van der Waals surface area (Å²) in [5, 5.41) is 2.16. The van der Waals surface area contributed by atoms with E-state index in [0.29, 0.717) is 6.04 Å². The van der Waals surface area contributed by atoms with Crippen molar-refractivity contribution in [2.75, 3.05) is 44.0 Å². The minimum Gasteiger partial charge on any atom is -0.363 e. The minimum atomic E-state index is 0.458. The summed E-state index contributed by atoms with van der Waals surface area (Å²) in [7, 11) is 6.13. The van der Waals surface area contributed by atoms with Gasteiger partial charge in [0.25, 0.3) is 0 Å². The molecule has 0 amide bonds. The molecule has 0 spiro atoms. The highest BCUT2D eigenvalue weighted by atomic mass is 79.9. The SMILES string of the molecule is CN(C)c1ccnc(N(C)C2CCCN(Cc3cc(Br)cs3)C2)n1. The predicted molar refractivity (Wildman–Crippen MR) is 105 cm³/mol. The first-order chi connectivity index (χ1) is 11.5. The number of halogens is 1. The maximum atomic E-state index is 4.68. The lowest BCUT2D eigenvalue weighted by atomic mass is 10.0. The third-order valence-electron chi connectivity index (χ3n) is 4.43. The Bertz CT molecular complexity index is 675. The molecule has 3 rings (SSSR count). The van der Waals surface area contributed by atoms with Crippen LogP contribution in [0.5, 0.6) is 0 Å². The van der Waals surface area contributed by atoms with Crippen LogP contribution in [0.4, 0.5) is 11.8 Å². The molecule has 1 atom stereocenters. The Kier molecular flexibility index (Phi) is 5.73. The second-order valence-electron chi connectivity index (χ2n) is 6.48. The fourth-order valence-electron chi connectivity index (χ4n) is 3.07. The number of likely N-dealkylation sites (tertiary alicyclic amines) is 1. The Hall–Kier alpha value is -1.18. The lowest BCUT2D eigenvalue weighted by Crippen LogP contribution is -2.46. The highest BCUT2D eigenvalue weighted by Crippen LogP contribution is 2.25. The largest absolute Gasteiger partial charge is 0.363 e. The predicted octanol–water partition coefficient (Wildman–Crippen LogP) is 3.47. The molecule has 1 fully saturated rings. The lowest BCUT2D eigenvalue weighted by Gasteiger charge is -2.37. The number of thiophene rings is 1. The van der Waals surface area contributed by atoms with E-state index in [1.54, 1.807) is 0 Å². The third kappa shape index (κ3) is 4.26. The highest BCUT2D eigenvalue weighted by molar-refractivity contribution is 9.10. The van der Waals surface area contributed by atoms with Gasteiger partial charge in [0.05, 0.1) is 0 Å². The monoisotopic (exact) mass is 409 g/mol. The first-order valence-corrected chi connectivity index (χ1v) is 9.88. The molecule has 24 heavy (non-hydrogen) atoms. The molecular formula is C17H24BrN5S. The molecule has 2 aromatic heterocycles. The fraction of sp³-hybridized carbons (Fsp3) is 0.529. The maximum absolute atomic E-state index is 4.68.